The second kappa shape index (κ2) is 9.05. The zero-order valence-corrected chi connectivity index (χ0v) is 16.1. The van der Waals surface area contributed by atoms with Crippen LogP contribution in [0, 0.1) is 10.1 Å². The fourth-order valence-corrected chi connectivity index (χ4v) is 3.12. The van der Waals surface area contributed by atoms with E-state index in [-0.39, 0.29) is 17.6 Å². The number of urea groups is 1. The number of anilines is 2. The number of non-ortho nitro benzene ring substituents is 1. The molecule has 0 unspecified atom stereocenters. The molecule has 2 N–H and O–H groups in total. The average molecular weight is 397 g/mol. The van der Waals surface area contributed by atoms with E-state index in [2.05, 4.69) is 15.5 Å². The number of piperazine rings is 1. The van der Waals surface area contributed by atoms with Gasteiger partial charge in [-0.3, -0.25) is 14.9 Å². The summed E-state index contributed by atoms with van der Waals surface area (Å²) in [6.45, 7) is 5.31. The second-order valence-corrected chi connectivity index (χ2v) is 6.61. The highest BCUT2D eigenvalue weighted by Gasteiger charge is 2.20. The van der Waals surface area contributed by atoms with Gasteiger partial charge in [0.2, 0.25) is 0 Å². The van der Waals surface area contributed by atoms with E-state index < -0.39 is 4.92 Å². The van der Waals surface area contributed by atoms with Gasteiger partial charge in [0.05, 0.1) is 4.92 Å². The number of carbonyl (C=O) groups is 2. The van der Waals surface area contributed by atoms with Gasteiger partial charge in [0.25, 0.3) is 11.6 Å². The molecule has 1 saturated heterocycles. The molecule has 3 amide bonds. The van der Waals surface area contributed by atoms with Crippen LogP contribution in [0.25, 0.3) is 0 Å². The summed E-state index contributed by atoms with van der Waals surface area (Å²) in [7, 11) is 0. The fourth-order valence-electron chi connectivity index (χ4n) is 3.12. The summed E-state index contributed by atoms with van der Waals surface area (Å²) >= 11 is 0. The summed E-state index contributed by atoms with van der Waals surface area (Å²) < 4.78 is 0. The molecule has 9 heteroatoms. The highest BCUT2D eigenvalue weighted by Crippen LogP contribution is 2.20. The maximum Gasteiger partial charge on any atom is 0.317 e. The number of benzene rings is 2. The molecule has 0 aliphatic carbocycles. The van der Waals surface area contributed by atoms with E-state index in [1.54, 1.807) is 4.90 Å². The summed E-state index contributed by atoms with van der Waals surface area (Å²) in [5, 5.41) is 16.3. The van der Waals surface area contributed by atoms with Crippen molar-refractivity contribution in [2.75, 3.05) is 42.9 Å². The summed E-state index contributed by atoms with van der Waals surface area (Å²) in [5.74, 6) is -0.330. The lowest BCUT2D eigenvalue weighted by atomic mass is 10.2. The molecule has 1 aliphatic heterocycles. The SMILES string of the molecule is CCNC(=O)N1CCN(c2ccc(NC(=O)c3ccc([N+](=O)[O-])cc3)cc2)CC1. The van der Waals surface area contributed by atoms with Crippen LogP contribution in [-0.4, -0.2) is 54.5 Å². The Morgan fingerprint density at radius 2 is 1.62 bits per heavy atom. The molecule has 0 saturated carbocycles. The van der Waals surface area contributed by atoms with Gasteiger partial charge in [-0.25, -0.2) is 4.79 Å². The van der Waals surface area contributed by atoms with Crippen LogP contribution in [0.1, 0.15) is 17.3 Å². The van der Waals surface area contributed by atoms with Gasteiger partial charge >= 0.3 is 6.03 Å². The van der Waals surface area contributed by atoms with Crippen LogP contribution in [-0.2, 0) is 0 Å². The van der Waals surface area contributed by atoms with Crippen molar-refractivity contribution in [1.29, 1.82) is 0 Å². The number of carbonyl (C=O) groups excluding carboxylic acids is 2. The van der Waals surface area contributed by atoms with E-state index in [0.717, 1.165) is 18.8 Å². The Kier molecular flexibility index (Phi) is 6.28. The standard InChI is InChI=1S/C20H23N5O4/c1-2-21-20(27)24-13-11-23(12-14-24)17-9-5-16(6-10-17)22-19(26)15-3-7-18(8-4-15)25(28)29/h3-10H,2,11-14H2,1H3,(H,21,27)(H,22,26). The third kappa shape index (κ3) is 5.01. The first-order chi connectivity index (χ1) is 14.0. The average Bonchev–Trinajstić information content (AvgIpc) is 2.74. The van der Waals surface area contributed by atoms with Crippen LogP contribution in [0.15, 0.2) is 48.5 Å². The molecule has 1 aliphatic rings. The highest BCUT2D eigenvalue weighted by molar-refractivity contribution is 6.04. The number of hydrogen-bond donors (Lipinski definition) is 2. The van der Waals surface area contributed by atoms with Crippen LogP contribution < -0.4 is 15.5 Å². The van der Waals surface area contributed by atoms with Gasteiger partial charge in [-0.15, -0.1) is 0 Å². The predicted octanol–water partition coefficient (Wildman–Crippen LogP) is 2.70. The lowest BCUT2D eigenvalue weighted by Crippen LogP contribution is -2.51. The van der Waals surface area contributed by atoms with Crippen molar-refractivity contribution in [2.24, 2.45) is 0 Å². The van der Waals surface area contributed by atoms with Crippen LogP contribution >= 0.6 is 0 Å². The van der Waals surface area contributed by atoms with Gasteiger partial charge in [-0.1, -0.05) is 0 Å². The molecule has 3 rings (SSSR count). The largest absolute Gasteiger partial charge is 0.368 e. The van der Waals surface area contributed by atoms with Crippen molar-refractivity contribution in [3.8, 4) is 0 Å². The molecule has 2 aromatic rings. The Morgan fingerprint density at radius 1 is 1.00 bits per heavy atom. The minimum atomic E-state index is -0.504. The van der Waals surface area contributed by atoms with E-state index >= 15 is 0 Å². The van der Waals surface area contributed by atoms with Gasteiger partial charge in [-0.2, -0.15) is 0 Å². The molecule has 1 heterocycles. The number of rotatable bonds is 5. The van der Waals surface area contributed by atoms with Crippen molar-refractivity contribution < 1.29 is 14.5 Å². The number of nitrogens with one attached hydrogen (secondary N) is 2. The van der Waals surface area contributed by atoms with Crippen molar-refractivity contribution in [3.05, 3.63) is 64.2 Å². The number of amides is 3. The molecule has 9 nitrogen and oxygen atoms in total. The van der Waals surface area contributed by atoms with Gasteiger partial charge in [-0.05, 0) is 43.3 Å². The fraction of sp³-hybridized carbons (Fsp3) is 0.300. The number of nitro benzene ring substituents is 1. The van der Waals surface area contributed by atoms with Crippen LogP contribution in [0.2, 0.25) is 0 Å². The third-order valence-corrected chi connectivity index (χ3v) is 4.73. The summed E-state index contributed by atoms with van der Waals surface area (Å²) in [5.41, 5.74) is 1.95. The summed E-state index contributed by atoms with van der Waals surface area (Å²) in [6, 6.07) is 12.9. The van der Waals surface area contributed by atoms with Crippen molar-refractivity contribution in [3.63, 3.8) is 0 Å². The van der Waals surface area contributed by atoms with Crippen molar-refractivity contribution >= 4 is 29.0 Å². The normalized spacial score (nSPS) is 13.7. The molecule has 0 bridgehead atoms. The third-order valence-electron chi connectivity index (χ3n) is 4.73. The Balaban J connectivity index is 1.56. The molecule has 152 valence electrons. The monoisotopic (exact) mass is 397 g/mol. The van der Waals surface area contributed by atoms with Gasteiger partial charge in [0.15, 0.2) is 0 Å². The lowest BCUT2D eigenvalue weighted by Gasteiger charge is -2.36. The summed E-state index contributed by atoms with van der Waals surface area (Å²) in [4.78, 5) is 38.4. The highest BCUT2D eigenvalue weighted by atomic mass is 16.6. The zero-order chi connectivity index (χ0) is 20.8. The molecule has 0 aromatic heterocycles. The van der Waals surface area contributed by atoms with Crippen molar-refractivity contribution in [2.45, 2.75) is 6.92 Å². The molecule has 0 atom stereocenters. The molecule has 0 spiro atoms. The first-order valence-corrected chi connectivity index (χ1v) is 9.41. The quantitative estimate of drug-likeness (QED) is 0.596. The Hall–Kier alpha value is -3.62. The zero-order valence-electron chi connectivity index (χ0n) is 16.1. The van der Waals surface area contributed by atoms with Crippen LogP contribution in [0.3, 0.4) is 0 Å². The van der Waals surface area contributed by atoms with Crippen LogP contribution in [0.5, 0.6) is 0 Å². The van der Waals surface area contributed by atoms with E-state index in [1.807, 2.05) is 31.2 Å². The molecular formula is C20H23N5O4. The number of nitrogens with zero attached hydrogens (tertiary/aromatic N) is 3. The molecule has 29 heavy (non-hydrogen) atoms. The van der Waals surface area contributed by atoms with E-state index in [4.69, 9.17) is 0 Å². The Labute approximate surface area is 168 Å². The molecular weight excluding hydrogens is 374 g/mol. The van der Waals surface area contributed by atoms with Gasteiger partial charge < -0.3 is 20.4 Å². The van der Waals surface area contributed by atoms with Gasteiger partial charge in [0, 0.05) is 61.8 Å². The predicted molar refractivity (Wildman–Crippen MR) is 110 cm³/mol. The first-order valence-electron chi connectivity index (χ1n) is 9.41. The van der Waals surface area contributed by atoms with Gasteiger partial charge in [0.1, 0.15) is 0 Å². The van der Waals surface area contributed by atoms with E-state index in [0.29, 0.717) is 30.9 Å². The summed E-state index contributed by atoms with van der Waals surface area (Å²) in [6.07, 6.45) is 0. The Bertz CT molecular complexity index is 875. The second-order valence-electron chi connectivity index (χ2n) is 6.61. The molecule has 1 fully saturated rings. The lowest BCUT2D eigenvalue weighted by molar-refractivity contribution is -0.384. The van der Waals surface area contributed by atoms with Crippen LogP contribution in [0.4, 0.5) is 21.9 Å². The minimum absolute atomic E-state index is 0.0311. The van der Waals surface area contributed by atoms with Crippen molar-refractivity contribution in [1.82, 2.24) is 10.2 Å². The number of nitro groups is 1. The smallest absolute Gasteiger partial charge is 0.317 e. The first kappa shape index (κ1) is 20.1. The van der Waals surface area contributed by atoms with E-state index in [1.165, 1.54) is 24.3 Å². The van der Waals surface area contributed by atoms with E-state index in [9.17, 15) is 19.7 Å². The molecule has 2 aromatic carbocycles. The maximum absolute atomic E-state index is 12.3. The molecule has 0 radical (unpaired) electrons. The number of hydrogen-bond acceptors (Lipinski definition) is 5. The topological polar surface area (TPSA) is 108 Å². The minimum Gasteiger partial charge on any atom is -0.368 e. The maximum atomic E-state index is 12.3. The Morgan fingerprint density at radius 3 is 2.17 bits per heavy atom.